The molecule has 0 saturated carbocycles. The van der Waals surface area contributed by atoms with Gasteiger partial charge in [0.25, 0.3) is 0 Å². The van der Waals surface area contributed by atoms with Crippen LogP contribution in [0.4, 0.5) is 0 Å². The molecule has 0 spiro atoms. The third-order valence-electron chi connectivity index (χ3n) is 6.54. The van der Waals surface area contributed by atoms with Gasteiger partial charge in [0, 0.05) is 69.6 Å². The fraction of sp³-hybridized carbons (Fsp3) is 0.241. The van der Waals surface area contributed by atoms with Crippen LogP contribution in [0.15, 0.2) is 77.8 Å². The number of aromatic amines is 1. The molecule has 0 saturated heterocycles. The van der Waals surface area contributed by atoms with Crippen molar-refractivity contribution in [2.45, 2.75) is 37.8 Å². The molecule has 3 aromatic carbocycles. The first-order chi connectivity index (χ1) is 17.5. The number of para-hydroxylation sites is 2. The van der Waals surface area contributed by atoms with Gasteiger partial charge in [-0.1, -0.05) is 36.4 Å². The first kappa shape index (κ1) is 24.0. The summed E-state index contributed by atoms with van der Waals surface area (Å²) in [6.45, 7) is 5.01. The van der Waals surface area contributed by atoms with E-state index >= 15 is 0 Å². The molecule has 5 rings (SSSR count). The fourth-order valence-electron chi connectivity index (χ4n) is 4.85. The Morgan fingerprint density at radius 1 is 0.972 bits per heavy atom. The van der Waals surface area contributed by atoms with Gasteiger partial charge in [-0.3, -0.25) is 9.59 Å². The zero-order chi connectivity index (χ0) is 25.1. The van der Waals surface area contributed by atoms with Gasteiger partial charge in [-0.05, 0) is 49.2 Å². The van der Waals surface area contributed by atoms with Gasteiger partial charge < -0.3 is 20.2 Å². The minimum absolute atomic E-state index is 0.166. The van der Waals surface area contributed by atoms with E-state index in [0.717, 1.165) is 22.5 Å². The second-order valence-electron chi connectivity index (χ2n) is 8.91. The quantitative estimate of drug-likeness (QED) is 0.243. The number of amides is 2. The van der Waals surface area contributed by atoms with E-state index in [9.17, 15) is 9.59 Å². The summed E-state index contributed by atoms with van der Waals surface area (Å²) in [4.78, 5) is 29.1. The standard InChI is InChI=1S/C29H30N4O2S/c1-3-33-27-11-7-5-9-23(27)24-16-21(12-13-28(24)33)36-18-26(32-19(2)34)29(35)30-15-14-20-17-31-25-10-6-4-8-22(20)25/h4-13,16-17,26,31H,3,14-15,18H2,1-2H3,(H,30,35)(H,32,34). The molecule has 7 heteroatoms. The molecule has 1 unspecified atom stereocenters. The first-order valence-corrected chi connectivity index (χ1v) is 13.3. The number of aromatic nitrogens is 2. The Labute approximate surface area is 214 Å². The van der Waals surface area contributed by atoms with Crippen LogP contribution in [0.25, 0.3) is 32.7 Å². The van der Waals surface area contributed by atoms with E-state index < -0.39 is 6.04 Å². The molecule has 2 amide bonds. The molecule has 184 valence electrons. The van der Waals surface area contributed by atoms with Gasteiger partial charge in [0.05, 0.1) is 0 Å². The average Bonchev–Trinajstić information content (AvgIpc) is 3.44. The minimum atomic E-state index is -0.608. The lowest BCUT2D eigenvalue weighted by atomic mass is 10.1. The van der Waals surface area contributed by atoms with Gasteiger partial charge in [-0.2, -0.15) is 0 Å². The maximum atomic E-state index is 13.0. The van der Waals surface area contributed by atoms with Crippen LogP contribution in [0, 0.1) is 0 Å². The number of thioether (sulfide) groups is 1. The predicted octanol–water partition coefficient (Wildman–Crippen LogP) is 5.25. The van der Waals surface area contributed by atoms with Gasteiger partial charge in [0.1, 0.15) is 6.04 Å². The van der Waals surface area contributed by atoms with E-state index in [2.05, 4.69) is 75.6 Å². The Morgan fingerprint density at radius 3 is 2.53 bits per heavy atom. The summed E-state index contributed by atoms with van der Waals surface area (Å²) >= 11 is 1.58. The Hall–Kier alpha value is -3.71. The SMILES string of the molecule is CCn1c2ccccc2c2cc(SCC(NC(C)=O)C(=O)NCCc3c[nH]c4ccccc34)ccc21. The third-order valence-corrected chi connectivity index (χ3v) is 7.63. The fourth-order valence-corrected chi connectivity index (χ4v) is 5.81. The molecule has 0 radical (unpaired) electrons. The summed E-state index contributed by atoms with van der Waals surface area (Å²) in [5.74, 6) is 0.0752. The Balaban J connectivity index is 1.26. The normalized spacial score (nSPS) is 12.3. The second-order valence-corrected chi connectivity index (χ2v) is 10.00. The first-order valence-electron chi connectivity index (χ1n) is 12.3. The van der Waals surface area contributed by atoms with Crippen molar-refractivity contribution in [1.29, 1.82) is 0 Å². The molecule has 3 N–H and O–H groups in total. The summed E-state index contributed by atoms with van der Waals surface area (Å²) in [5, 5.41) is 9.43. The highest BCUT2D eigenvalue weighted by Crippen LogP contribution is 2.32. The number of H-pyrrole nitrogens is 1. The molecule has 2 heterocycles. The van der Waals surface area contributed by atoms with Crippen LogP contribution in [-0.4, -0.2) is 39.7 Å². The lowest BCUT2D eigenvalue weighted by Gasteiger charge is -2.17. The van der Waals surface area contributed by atoms with Crippen molar-refractivity contribution in [3.8, 4) is 0 Å². The molecular formula is C29H30N4O2S. The van der Waals surface area contributed by atoms with E-state index in [-0.39, 0.29) is 11.8 Å². The van der Waals surface area contributed by atoms with Crippen LogP contribution in [0.3, 0.4) is 0 Å². The maximum absolute atomic E-state index is 13.0. The highest BCUT2D eigenvalue weighted by molar-refractivity contribution is 7.99. The average molecular weight is 499 g/mol. The lowest BCUT2D eigenvalue weighted by molar-refractivity contribution is -0.127. The summed E-state index contributed by atoms with van der Waals surface area (Å²) in [7, 11) is 0. The molecule has 0 bridgehead atoms. The largest absolute Gasteiger partial charge is 0.361 e. The zero-order valence-electron chi connectivity index (χ0n) is 20.5. The van der Waals surface area contributed by atoms with Crippen molar-refractivity contribution in [1.82, 2.24) is 20.2 Å². The molecule has 6 nitrogen and oxygen atoms in total. The van der Waals surface area contributed by atoms with Crippen molar-refractivity contribution in [3.63, 3.8) is 0 Å². The molecule has 36 heavy (non-hydrogen) atoms. The highest BCUT2D eigenvalue weighted by Gasteiger charge is 2.20. The molecule has 2 aromatic heterocycles. The number of carbonyl (C=O) groups is 2. The summed E-state index contributed by atoms with van der Waals surface area (Å²) < 4.78 is 2.32. The van der Waals surface area contributed by atoms with Crippen LogP contribution in [0.1, 0.15) is 19.4 Å². The molecule has 0 fully saturated rings. The van der Waals surface area contributed by atoms with Crippen molar-refractivity contribution in [2.24, 2.45) is 0 Å². The zero-order valence-corrected chi connectivity index (χ0v) is 21.3. The number of rotatable bonds is 9. The van der Waals surface area contributed by atoms with Crippen LogP contribution in [-0.2, 0) is 22.6 Å². The van der Waals surface area contributed by atoms with Gasteiger partial charge in [0.15, 0.2) is 0 Å². The summed E-state index contributed by atoms with van der Waals surface area (Å²) in [6.07, 6.45) is 2.71. The second kappa shape index (κ2) is 10.5. The van der Waals surface area contributed by atoms with Crippen molar-refractivity contribution < 1.29 is 9.59 Å². The van der Waals surface area contributed by atoms with Gasteiger partial charge >= 0.3 is 0 Å². The molecule has 0 aliphatic heterocycles. The van der Waals surface area contributed by atoms with Gasteiger partial charge in [0.2, 0.25) is 11.8 Å². The lowest BCUT2D eigenvalue weighted by Crippen LogP contribution is -2.48. The van der Waals surface area contributed by atoms with E-state index in [4.69, 9.17) is 0 Å². The number of fused-ring (bicyclic) bond motifs is 4. The van der Waals surface area contributed by atoms with Crippen LogP contribution in [0.2, 0.25) is 0 Å². The van der Waals surface area contributed by atoms with Crippen molar-refractivity contribution in [2.75, 3.05) is 12.3 Å². The number of benzene rings is 3. The number of aryl methyl sites for hydroxylation is 1. The van der Waals surface area contributed by atoms with E-state index in [1.165, 1.54) is 34.1 Å². The van der Waals surface area contributed by atoms with Gasteiger partial charge in [-0.15, -0.1) is 11.8 Å². The summed E-state index contributed by atoms with van der Waals surface area (Å²) in [6, 6.07) is 22.4. The number of nitrogens with one attached hydrogen (secondary N) is 3. The summed E-state index contributed by atoms with van der Waals surface area (Å²) in [5.41, 5.74) is 4.68. The predicted molar refractivity (Wildman–Crippen MR) is 148 cm³/mol. The highest BCUT2D eigenvalue weighted by atomic mass is 32.2. The number of hydrogen-bond acceptors (Lipinski definition) is 3. The smallest absolute Gasteiger partial charge is 0.243 e. The Morgan fingerprint density at radius 2 is 1.72 bits per heavy atom. The van der Waals surface area contributed by atoms with E-state index in [1.54, 1.807) is 11.8 Å². The Bertz CT molecular complexity index is 1550. The van der Waals surface area contributed by atoms with Crippen LogP contribution in [0.5, 0.6) is 0 Å². The van der Waals surface area contributed by atoms with Crippen molar-refractivity contribution in [3.05, 3.63) is 78.5 Å². The number of hydrogen-bond donors (Lipinski definition) is 3. The van der Waals surface area contributed by atoms with Gasteiger partial charge in [-0.25, -0.2) is 0 Å². The molecular weight excluding hydrogens is 468 g/mol. The van der Waals surface area contributed by atoms with Crippen LogP contribution >= 0.6 is 11.8 Å². The number of nitrogens with zero attached hydrogens (tertiary/aromatic N) is 1. The monoisotopic (exact) mass is 498 g/mol. The van der Waals surface area contributed by atoms with Crippen LogP contribution < -0.4 is 10.6 Å². The van der Waals surface area contributed by atoms with E-state index in [0.29, 0.717) is 18.7 Å². The maximum Gasteiger partial charge on any atom is 0.243 e. The third kappa shape index (κ3) is 4.84. The van der Waals surface area contributed by atoms with E-state index in [1.807, 2.05) is 24.4 Å². The minimum Gasteiger partial charge on any atom is -0.361 e. The molecule has 5 aromatic rings. The van der Waals surface area contributed by atoms with Crippen molar-refractivity contribution >= 4 is 56.3 Å². The molecule has 0 aliphatic rings. The molecule has 1 atom stereocenters. The topological polar surface area (TPSA) is 78.9 Å². The Kier molecular flexibility index (Phi) is 7.00. The molecule has 0 aliphatic carbocycles. The number of carbonyl (C=O) groups excluding carboxylic acids is 2.